The van der Waals surface area contributed by atoms with E-state index in [0.29, 0.717) is 6.04 Å². The van der Waals surface area contributed by atoms with Crippen molar-refractivity contribution in [2.24, 2.45) is 0 Å². The van der Waals surface area contributed by atoms with E-state index in [1.165, 1.54) is 16.5 Å². The van der Waals surface area contributed by atoms with Gasteiger partial charge in [0.2, 0.25) is 0 Å². The standard InChI is InChI=1S/C13H16N2O/c1-2-10(8-15-11-5-7-16-9-11)12-4-6-14-13(12)3-1/h1-4,6,11,14-15H,5,7-9H2. The molecule has 1 fully saturated rings. The third-order valence-corrected chi connectivity index (χ3v) is 3.20. The maximum Gasteiger partial charge on any atom is 0.0620 e. The lowest BCUT2D eigenvalue weighted by Crippen LogP contribution is -2.28. The van der Waals surface area contributed by atoms with Crippen LogP contribution >= 0.6 is 0 Å². The highest BCUT2D eigenvalue weighted by Crippen LogP contribution is 2.17. The molecule has 1 unspecified atom stereocenters. The van der Waals surface area contributed by atoms with Crippen molar-refractivity contribution in [3.63, 3.8) is 0 Å². The Morgan fingerprint density at radius 3 is 3.25 bits per heavy atom. The fourth-order valence-corrected chi connectivity index (χ4v) is 2.25. The van der Waals surface area contributed by atoms with Crippen LogP contribution in [-0.4, -0.2) is 24.2 Å². The molecule has 0 amide bonds. The van der Waals surface area contributed by atoms with Crippen molar-refractivity contribution >= 4 is 10.9 Å². The SMILES string of the molecule is c1cc(CNC2CCOC2)c2cc[nH]c2c1. The van der Waals surface area contributed by atoms with Crippen LogP contribution in [0.1, 0.15) is 12.0 Å². The Bertz CT molecular complexity index is 471. The van der Waals surface area contributed by atoms with Gasteiger partial charge in [0.1, 0.15) is 0 Å². The molecule has 16 heavy (non-hydrogen) atoms. The predicted octanol–water partition coefficient (Wildman–Crippen LogP) is 2.05. The van der Waals surface area contributed by atoms with Gasteiger partial charge in [-0.3, -0.25) is 0 Å². The van der Waals surface area contributed by atoms with Crippen molar-refractivity contribution in [2.45, 2.75) is 19.0 Å². The molecule has 2 aromatic rings. The molecule has 0 bridgehead atoms. The van der Waals surface area contributed by atoms with Crippen LogP contribution in [0.3, 0.4) is 0 Å². The number of aromatic nitrogens is 1. The Labute approximate surface area is 94.8 Å². The van der Waals surface area contributed by atoms with Crippen molar-refractivity contribution in [3.8, 4) is 0 Å². The Hall–Kier alpha value is -1.32. The minimum atomic E-state index is 0.522. The summed E-state index contributed by atoms with van der Waals surface area (Å²) in [6.07, 6.45) is 3.12. The third kappa shape index (κ3) is 1.84. The van der Waals surface area contributed by atoms with E-state index < -0.39 is 0 Å². The molecule has 1 aromatic carbocycles. The van der Waals surface area contributed by atoms with E-state index in [2.05, 4.69) is 34.6 Å². The molecule has 0 spiro atoms. The van der Waals surface area contributed by atoms with Gasteiger partial charge >= 0.3 is 0 Å². The lowest BCUT2D eigenvalue weighted by atomic mass is 10.1. The first kappa shape index (κ1) is 9.87. The zero-order valence-electron chi connectivity index (χ0n) is 9.20. The Morgan fingerprint density at radius 1 is 1.38 bits per heavy atom. The third-order valence-electron chi connectivity index (χ3n) is 3.20. The second-order valence-corrected chi connectivity index (χ2v) is 4.30. The maximum atomic E-state index is 5.35. The normalized spacial score (nSPS) is 20.6. The minimum absolute atomic E-state index is 0.522. The molecule has 1 saturated heterocycles. The van der Waals surface area contributed by atoms with Crippen LogP contribution in [0.4, 0.5) is 0 Å². The Morgan fingerprint density at radius 2 is 2.38 bits per heavy atom. The quantitative estimate of drug-likeness (QED) is 0.824. The van der Waals surface area contributed by atoms with Crippen molar-refractivity contribution in [1.29, 1.82) is 0 Å². The molecule has 2 N–H and O–H groups in total. The van der Waals surface area contributed by atoms with Crippen LogP contribution in [0, 0.1) is 0 Å². The average Bonchev–Trinajstić information content (AvgIpc) is 2.97. The van der Waals surface area contributed by atoms with Gasteiger partial charge in [0.05, 0.1) is 6.61 Å². The fourth-order valence-electron chi connectivity index (χ4n) is 2.25. The fraction of sp³-hybridized carbons (Fsp3) is 0.385. The lowest BCUT2D eigenvalue weighted by molar-refractivity contribution is 0.190. The van der Waals surface area contributed by atoms with Gasteiger partial charge in [0.15, 0.2) is 0 Å². The molecular formula is C13H16N2O. The van der Waals surface area contributed by atoms with Gasteiger partial charge in [0, 0.05) is 36.3 Å². The molecule has 3 nitrogen and oxygen atoms in total. The molecule has 0 aliphatic carbocycles. The zero-order chi connectivity index (χ0) is 10.8. The smallest absolute Gasteiger partial charge is 0.0620 e. The molecule has 2 heterocycles. The van der Waals surface area contributed by atoms with E-state index in [-0.39, 0.29) is 0 Å². The monoisotopic (exact) mass is 216 g/mol. The molecule has 1 atom stereocenters. The summed E-state index contributed by atoms with van der Waals surface area (Å²) < 4.78 is 5.35. The van der Waals surface area contributed by atoms with E-state index in [9.17, 15) is 0 Å². The largest absolute Gasteiger partial charge is 0.380 e. The molecule has 1 aliphatic heterocycles. The van der Waals surface area contributed by atoms with Gasteiger partial charge < -0.3 is 15.0 Å². The number of rotatable bonds is 3. The summed E-state index contributed by atoms with van der Waals surface area (Å²) >= 11 is 0. The number of hydrogen-bond donors (Lipinski definition) is 2. The average molecular weight is 216 g/mol. The van der Waals surface area contributed by atoms with Crippen LogP contribution in [0.5, 0.6) is 0 Å². The first-order chi connectivity index (χ1) is 7.93. The van der Waals surface area contributed by atoms with Gasteiger partial charge in [-0.25, -0.2) is 0 Å². The molecule has 3 rings (SSSR count). The number of ether oxygens (including phenoxy) is 1. The first-order valence-electron chi connectivity index (χ1n) is 5.79. The summed E-state index contributed by atoms with van der Waals surface area (Å²) in [6.45, 7) is 2.67. The molecule has 3 heteroatoms. The molecule has 1 aromatic heterocycles. The number of aromatic amines is 1. The number of nitrogens with one attached hydrogen (secondary N) is 2. The van der Waals surface area contributed by atoms with E-state index in [1.54, 1.807) is 0 Å². The van der Waals surface area contributed by atoms with Crippen LogP contribution in [-0.2, 0) is 11.3 Å². The molecule has 0 radical (unpaired) electrons. The molecular weight excluding hydrogens is 200 g/mol. The van der Waals surface area contributed by atoms with Gasteiger partial charge in [-0.15, -0.1) is 0 Å². The van der Waals surface area contributed by atoms with Crippen LogP contribution in [0.15, 0.2) is 30.5 Å². The van der Waals surface area contributed by atoms with Crippen LogP contribution in [0.25, 0.3) is 10.9 Å². The van der Waals surface area contributed by atoms with Crippen molar-refractivity contribution in [2.75, 3.05) is 13.2 Å². The van der Waals surface area contributed by atoms with E-state index >= 15 is 0 Å². The molecule has 1 aliphatic rings. The topological polar surface area (TPSA) is 37.0 Å². The predicted molar refractivity (Wildman–Crippen MR) is 64.4 cm³/mol. The number of H-pyrrole nitrogens is 1. The van der Waals surface area contributed by atoms with Crippen molar-refractivity contribution < 1.29 is 4.74 Å². The highest BCUT2D eigenvalue weighted by molar-refractivity contribution is 5.82. The highest BCUT2D eigenvalue weighted by Gasteiger charge is 2.14. The lowest BCUT2D eigenvalue weighted by Gasteiger charge is -2.11. The second kappa shape index (κ2) is 4.28. The van der Waals surface area contributed by atoms with Gasteiger partial charge in [-0.2, -0.15) is 0 Å². The number of fused-ring (bicyclic) bond motifs is 1. The van der Waals surface area contributed by atoms with E-state index in [4.69, 9.17) is 4.74 Å². The first-order valence-corrected chi connectivity index (χ1v) is 5.79. The zero-order valence-corrected chi connectivity index (χ0v) is 9.20. The van der Waals surface area contributed by atoms with Crippen molar-refractivity contribution in [1.82, 2.24) is 10.3 Å². The van der Waals surface area contributed by atoms with E-state index in [1.807, 2.05) is 6.20 Å². The number of hydrogen-bond acceptors (Lipinski definition) is 2. The van der Waals surface area contributed by atoms with Gasteiger partial charge in [0.25, 0.3) is 0 Å². The Kier molecular flexibility index (Phi) is 2.64. The highest BCUT2D eigenvalue weighted by atomic mass is 16.5. The molecule has 0 saturated carbocycles. The van der Waals surface area contributed by atoms with Gasteiger partial charge in [-0.05, 0) is 24.1 Å². The minimum Gasteiger partial charge on any atom is -0.380 e. The summed E-state index contributed by atoms with van der Waals surface area (Å²) in [5.74, 6) is 0. The summed E-state index contributed by atoms with van der Waals surface area (Å²) in [4.78, 5) is 3.24. The Balaban J connectivity index is 1.75. The van der Waals surface area contributed by atoms with Gasteiger partial charge in [-0.1, -0.05) is 12.1 Å². The summed E-state index contributed by atoms with van der Waals surface area (Å²) in [7, 11) is 0. The summed E-state index contributed by atoms with van der Waals surface area (Å²) in [5, 5.41) is 4.85. The van der Waals surface area contributed by atoms with Crippen molar-refractivity contribution in [3.05, 3.63) is 36.0 Å². The van der Waals surface area contributed by atoms with Crippen LogP contribution < -0.4 is 5.32 Å². The summed E-state index contributed by atoms with van der Waals surface area (Å²) in [5.41, 5.74) is 2.56. The van der Waals surface area contributed by atoms with E-state index in [0.717, 1.165) is 26.2 Å². The maximum absolute atomic E-state index is 5.35. The van der Waals surface area contributed by atoms with Crippen LogP contribution in [0.2, 0.25) is 0 Å². The number of benzene rings is 1. The summed E-state index contributed by atoms with van der Waals surface area (Å²) in [6, 6.07) is 9.05. The second-order valence-electron chi connectivity index (χ2n) is 4.30. The molecule has 84 valence electrons.